The third-order valence-corrected chi connectivity index (χ3v) is 3.95. The summed E-state index contributed by atoms with van der Waals surface area (Å²) in [6, 6.07) is 7.24. The molecule has 0 radical (unpaired) electrons. The number of rotatable bonds is 5. The molecule has 138 valence electrons. The predicted octanol–water partition coefficient (Wildman–Crippen LogP) is 2.30. The van der Waals surface area contributed by atoms with Gasteiger partial charge >= 0.3 is 0 Å². The Morgan fingerprint density at radius 2 is 2.15 bits per heavy atom. The van der Waals surface area contributed by atoms with Gasteiger partial charge < -0.3 is 24.6 Å². The fourth-order valence-electron chi connectivity index (χ4n) is 2.57. The third-order valence-electron chi connectivity index (χ3n) is 3.95. The molecule has 2 unspecified atom stereocenters. The number of aromatic hydroxyl groups is 1. The highest BCUT2D eigenvalue weighted by atomic mass is 19.1. The lowest BCUT2D eigenvalue weighted by molar-refractivity contribution is -0.0433. The molecule has 1 aliphatic rings. The molecular formula is C18H19FN2O5. The Hall–Kier alpha value is -2.71. The van der Waals surface area contributed by atoms with E-state index in [2.05, 4.69) is 10.3 Å². The van der Waals surface area contributed by atoms with Crippen LogP contribution in [0.2, 0.25) is 0 Å². The number of hydrogen-bond donors (Lipinski definition) is 2. The minimum absolute atomic E-state index is 0.116. The van der Waals surface area contributed by atoms with E-state index in [1.54, 1.807) is 19.1 Å². The molecule has 2 N–H and O–H groups in total. The van der Waals surface area contributed by atoms with Crippen molar-refractivity contribution < 1.29 is 28.5 Å². The maximum absolute atomic E-state index is 12.9. The average Bonchev–Trinajstić information content (AvgIpc) is 3.07. The average molecular weight is 362 g/mol. The highest BCUT2D eigenvalue weighted by Crippen LogP contribution is 2.34. The number of carbonyl (C=O) groups is 1. The summed E-state index contributed by atoms with van der Waals surface area (Å²) in [5.74, 6) is -1.19. The van der Waals surface area contributed by atoms with E-state index in [9.17, 15) is 14.3 Å². The number of amides is 1. The first-order chi connectivity index (χ1) is 12.5. The van der Waals surface area contributed by atoms with Crippen LogP contribution in [0.4, 0.5) is 4.39 Å². The van der Waals surface area contributed by atoms with Gasteiger partial charge in [0.2, 0.25) is 0 Å². The fraction of sp³-hybridized carbons (Fsp3) is 0.333. The lowest BCUT2D eigenvalue weighted by Crippen LogP contribution is -2.25. The summed E-state index contributed by atoms with van der Waals surface area (Å²) < 4.78 is 29.0. The van der Waals surface area contributed by atoms with Gasteiger partial charge in [0.1, 0.15) is 11.9 Å². The van der Waals surface area contributed by atoms with E-state index in [1.165, 1.54) is 25.3 Å². The lowest BCUT2D eigenvalue weighted by Gasteiger charge is -2.14. The van der Waals surface area contributed by atoms with E-state index >= 15 is 0 Å². The Balaban J connectivity index is 1.80. The van der Waals surface area contributed by atoms with Crippen LogP contribution in [0.15, 0.2) is 30.3 Å². The molecule has 1 aromatic carbocycles. The van der Waals surface area contributed by atoms with Crippen LogP contribution >= 0.6 is 0 Å². The smallest absolute Gasteiger partial charge is 0.274 e. The van der Waals surface area contributed by atoms with Crippen LogP contribution in [0.5, 0.6) is 11.5 Å². The molecular weight excluding hydrogens is 343 g/mol. The number of nitrogens with zero attached hydrogens (tertiary/aromatic N) is 1. The van der Waals surface area contributed by atoms with E-state index in [1.807, 2.05) is 0 Å². The van der Waals surface area contributed by atoms with Crippen LogP contribution in [0, 0.1) is 5.82 Å². The number of benzene rings is 1. The zero-order valence-corrected chi connectivity index (χ0v) is 14.4. The van der Waals surface area contributed by atoms with Gasteiger partial charge in [-0.1, -0.05) is 12.1 Å². The number of carbonyl (C=O) groups excluding carboxylic acids is 1. The number of pyridine rings is 1. The van der Waals surface area contributed by atoms with Crippen molar-refractivity contribution in [2.45, 2.75) is 25.9 Å². The Labute approximate surface area is 149 Å². The van der Waals surface area contributed by atoms with Gasteiger partial charge in [-0.25, -0.2) is 9.37 Å². The lowest BCUT2D eigenvalue weighted by atomic mass is 10.1. The largest absolute Gasteiger partial charge is 0.503 e. The fourth-order valence-corrected chi connectivity index (χ4v) is 2.57. The van der Waals surface area contributed by atoms with E-state index < -0.39 is 12.0 Å². The summed E-state index contributed by atoms with van der Waals surface area (Å²) in [7, 11) is 1.38. The van der Waals surface area contributed by atoms with Crippen LogP contribution in [0.1, 0.15) is 34.8 Å². The molecule has 1 aliphatic heterocycles. The molecule has 0 aliphatic carbocycles. The van der Waals surface area contributed by atoms with Gasteiger partial charge in [0.05, 0.1) is 19.4 Å². The van der Waals surface area contributed by atoms with Gasteiger partial charge in [-0.15, -0.1) is 0 Å². The molecule has 0 bridgehead atoms. The Morgan fingerprint density at radius 3 is 2.77 bits per heavy atom. The molecule has 7 nitrogen and oxygen atoms in total. The molecule has 2 atom stereocenters. The van der Waals surface area contributed by atoms with Crippen LogP contribution in [0.25, 0.3) is 0 Å². The minimum atomic E-state index is -0.584. The van der Waals surface area contributed by atoms with E-state index in [0.29, 0.717) is 17.9 Å². The minimum Gasteiger partial charge on any atom is -0.503 e. The molecule has 2 aromatic rings. The van der Waals surface area contributed by atoms with Crippen LogP contribution in [-0.4, -0.2) is 36.0 Å². The zero-order valence-electron chi connectivity index (χ0n) is 14.4. The first-order valence-electron chi connectivity index (χ1n) is 8.05. The van der Waals surface area contributed by atoms with Gasteiger partial charge in [0.15, 0.2) is 23.5 Å². The normalized spacial score (nSPS) is 19.3. The van der Waals surface area contributed by atoms with Gasteiger partial charge in [-0.05, 0) is 24.6 Å². The number of methoxy groups -OCH3 is 1. The second-order valence-corrected chi connectivity index (χ2v) is 5.78. The van der Waals surface area contributed by atoms with Crippen molar-refractivity contribution in [3.8, 4) is 11.5 Å². The number of halogens is 1. The number of hydrogen-bond acceptors (Lipinski definition) is 6. The van der Waals surface area contributed by atoms with Crippen LogP contribution < -0.4 is 10.1 Å². The summed E-state index contributed by atoms with van der Waals surface area (Å²) in [5, 5.41) is 12.9. The highest BCUT2D eigenvalue weighted by molar-refractivity contribution is 5.95. The second-order valence-electron chi connectivity index (χ2n) is 5.78. The molecule has 3 rings (SSSR count). The summed E-state index contributed by atoms with van der Waals surface area (Å²) in [6.45, 7) is 2.21. The first-order valence-corrected chi connectivity index (χ1v) is 8.05. The summed E-state index contributed by atoms with van der Waals surface area (Å²) in [4.78, 5) is 16.7. The van der Waals surface area contributed by atoms with E-state index in [0.717, 1.165) is 0 Å². The van der Waals surface area contributed by atoms with Crippen molar-refractivity contribution in [3.05, 3.63) is 53.1 Å². The molecule has 1 amide bonds. The molecule has 26 heavy (non-hydrogen) atoms. The summed E-state index contributed by atoms with van der Waals surface area (Å²) in [6.07, 6.45) is -0.833. The van der Waals surface area contributed by atoms with Crippen molar-refractivity contribution in [2.24, 2.45) is 0 Å². The highest BCUT2D eigenvalue weighted by Gasteiger charge is 2.28. The zero-order chi connectivity index (χ0) is 18.7. The van der Waals surface area contributed by atoms with Crippen molar-refractivity contribution >= 4 is 5.91 Å². The number of aromatic nitrogens is 1. The van der Waals surface area contributed by atoms with Crippen LogP contribution in [0.3, 0.4) is 0 Å². The Bertz CT molecular complexity index is 797. The SMILES string of the molecule is COc1cc(C2COC(C)O2)nc(C(=O)NCc2ccc(F)cc2)c1O. The number of nitrogens with one attached hydrogen (secondary N) is 1. The maximum Gasteiger partial charge on any atom is 0.274 e. The van der Waals surface area contributed by atoms with E-state index in [-0.39, 0.29) is 35.8 Å². The molecule has 1 fully saturated rings. The van der Waals surface area contributed by atoms with Crippen molar-refractivity contribution in [3.63, 3.8) is 0 Å². The monoisotopic (exact) mass is 362 g/mol. The topological polar surface area (TPSA) is 89.9 Å². The predicted molar refractivity (Wildman–Crippen MR) is 89.3 cm³/mol. The van der Waals surface area contributed by atoms with Crippen molar-refractivity contribution in [1.82, 2.24) is 10.3 Å². The molecule has 0 saturated carbocycles. The van der Waals surface area contributed by atoms with Crippen LogP contribution in [-0.2, 0) is 16.0 Å². The quantitative estimate of drug-likeness (QED) is 0.848. The molecule has 8 heteroatoms. The second kappa shape index (κ2) is 7.67. The van der Waals surface area contributed by atoms with Gasteiger partial charge in [-0.3, -0.25) is 4.79 Å². The number of ether oxygens (including phenoxy) is 3. The standard InChI is InChI=1S/C18H19FN2O5/c1-10-25-9-15(26-10)13-7-14(24-2)17(22)16(21-13)18(23)20-8-11-3-5-12(19)6-4-11/h3-7,10,15,22H,8-9H2,1-2H3,(H,20,23). The van der Waals surface area contributed by atoms with E-state index in [4.69, 9.17) is 14.2 Å². The first kappa shape index (κ1) is 18.1. The van der Waals surface area contributed by atoms with Gasteiger partial charge in [-0.2, -0.15) is 0 Å². The molecule has 2 heterocycles. The molecule has 1 aromatic heterocycles. The summed E-state index contributed by atoms with van der Waals surface area (Å²) >= 11 is 0. The molecule has 1 saturated heterocycles. The Kier molecular flexibility index (Phi) is 5.34. The van der Waals surface area contributed by atoms with Crippen molar-refractivity contribution in [2.75, 3.05) is 13.7 Å². The Morgan fingerprint density at radius 1 is 1.42 bits per heavy atom. The van der Waals surface area contributed by atoms with Gasteiger partial charge in [0.25, 0.3) is 5.91 Å². The van der Waals surface area contributed by atoms with Crippen molar-refractivity contribution in [1.29, 1.82) is 0 Å². The molecule has 0 spiro atoms. The maximum atomic E-state index is 12.9. The third kappa shape index (κ3) is 3.92. The summed E-state index contributed by atoms with van der Waals surface area (Å²) in [5.41, 5.74) is 0.962. The van der Waals surface area contributed by atoms with Gasteiger partial charge in [0, 0.05) is 12.6 Å².